The van der Waals surface area contributed by atoms with E-state index in [2.05, 4.69) is 10.3 Å². The first-order chi connectivity index (χ1) is 10.6. The van der Waals surface area contributed by atoms with Gasteiger partial charge in [0, 0.05) is 30.8 Å². The second-order valence-corrected chi connectivity index (χ2v) is 5.29. The third kappa shape index (κ3) is 6.74. The van der Waals surface area contributed by atoms with Gasteiger partial charge in [-0.2, -0.15) is 0 Å². The summed E-state index contributed by atoms with van der Waals surface area (Å²) in [5.74, 6) is 0.986. The SMILES string of the molecule is CC(N)C(C)C(=O)NCc1ccc(Oc2ccccc2)nc1.Cl.Cl. The molecule has 0 aliphatic heterocycles. The molecule has 1 aromatic carbocycles. The fourth-order valence-electron chi connectivity index (χ4n) is 1.77. The Bertz CT molecular complexity index is 607. The number of pyridine rings is 1. The summed E-state index contributed by atoms with van der Waals surface area (Å²) in [7, 11) is 0. The molecule has 0 radical (unpaired) electrons. The number of nitrogens with one attached hydrogen (secondary N) is 1. The first kappa shape index (κ1) is 22.2. The van der Waals surface area contributed by atoms with Crippen LogP contribution in [0.4, 0.5) is 0 Å². The number of benzene rings is 1. The van der Waals surface area contributed by atoms with Gasteiger partial charge >= 0.3 is 0 Å². The van der Waals surface area contributed by atoms with Crippen LogP contribution in [-0.2, 0) is 11.3 Å². The van der Waals surface area contributed by atoms with Crippen molar-refractivity contribution in [2.45, 2.75) is 26.4 Å². The van der Waals surface area contributed by atoms with Gasteiger partial charge in [-0.25, -0.2) is 4.98 Å². The Morgan fingerprint density at radius 2 is 1.83 bits per heavy atom. The molecule has 132 valence electrons. The van der Waals surface area contributed by atoms with Gasteiger partial charge in [0.2, 0.25) is 11.8 Å². The van der Waals surface area contributed by atoms with Crippen molar-refractivity contribution in [3.63, 3.8) is 0 Å². The molecule has 1 amide bonds. The first-order valence-corrected chi connectivity index (χ1v) is 7.27. The van der Waals surface area contributed by atoms with E-state index in [1.807, 2.05) is 50.2 Å². The number of aromatic nitrogens is 1. The van der Waals surface area contributed by atoms with Crippen molar-refractivity contribution in [2.75, 3.05) is 0 Å². The summed E-state index contributed by atoms with van der Waals surface area (Å²) in [5, 5.41) is 2.85. The second kappa shape index (κ2) is 10.9. The van der Waals surface area contributed by atoms with Crippen molar-refractivity contribution < 1.29 is 9.53 Å². The molecule has 0 saturated heterocycles. The minimum absolute atomic E-state index is 0. The fraction of sp³-hybridized carbons (Fsp3) is 0.294. The zero-order valence-electron chi connectivity index (χ0n) is 13.6. The van der Waals surface area contributed by atoms with Gasteiger partial charge in [0.1, 0.15) is 5.75 Å². The van der Waals surface area contributed by atoms with Gasteiger partial charge in [0.15, 0.2) is 0 Å². The molecule has 2 unspecified atom stereocenters. The largest absolute Gasteiger partial charge is 0.439 e. The number of amides is 1. The van der Waals surface area contributed by atoms with Crippen LogP contribution in [0.3, 0.4) is 0 Å². The normalized spacial score (nSPS) is 12.1. The summed E-state index contributed by atoms with van der Waals surface area (Å²) >= 11 is 0. The van der Waals surface area contributed by atoms with Gasteiger partial charge < -0.3 is 15.8 Å². The highest BCUT2D eigenvalue weighted by Gasteiger charge is 2.16. The predicted octanol–water partition coefficient (Wildman–Crippen LogP) is 3.32. The van der Waals surface area contributed by atoms with Crippen molar-refractivity contribution >= 4 is 30.7 Å². The van der Waals surface area contributed by atoms with Crippen LogP contribution < -0.4 is 15.8 Å². The summed E-state index contributed by atoms with van der Waals surface area (Å²) in [5.41, 5.74) is 6.62. The van der Waals surface area contributed by atoms with Gasteiger partial charge in [-0.3, -0.25) is 4.79 Å². The standard InChI is InChI=1S/C17H21N3O2.2ClH/c1-12(13(2)18)17(21)20-11-14-8-9-16(19-10-14)22-15-6-4-3-5-7-15;;/h3-10,12-13H,11,18H2,1-2H3,(H,20,21);2*1H. The van der Waals surface area contributed by atoms with Crippen LogP contribution in [0.15, 0.2) is 48.7 Å². The average Bonchev–Trinajstić information content (AvgIpc) is 2.54. The smallest absolute Gasteiger partial charge is 0.224 e. The number of carbonyl (C=O) groups is 1. The van der Waals surface area contributed by atoms with E-state index in [9.17, 15) is 4.79 Å². The second-order valence-electron chi connectivity index (χ2n) is 5.29. The van der Waals surface area contributed by atoms with Crippen LogP contribution in [-0.4, -0.2) is 16.9 Å². The number of halogens is 2. The molecular weight excluding hydrogens is 349 g/mol. The molecule has 2 aromatic rings. The molecule has 0 aliphatic carbocycles. The Hall–Kier alpha value is -1.82. The summed E-state index contributed by atoms with van der Waals surface area (Å²) in [6.07, 6.45) is 1.69. The van der Waals surface area contributed by atoms with E-state index in [-0.39, 0.29) is 42.7 Å². The summed E-state index contributed by atoms with van der Waals surface area (Å²) in [6, 6.07) is 13.0. The lowest BCUT2D eigenvalue weighted by Crippen LogP contribution is -2.38. The van der Waals surface area contributed by atoms with Crippen LogP contribution in [0.5, 0.6) is 11.6 Å². The molecule has 7 heteroatoms. The molecule has 24 heavy (non-hydrogen) atoms. The molecule has 0 bridgehead atoms. The molecule has 0 spiro atoms. The number of carbonyl (C=O) groups excluding carboxylic acids is 1. The van der Waals surface area contributed by atoms with Crippen LogP contribution in [0.1, 0.15) is 19.4 Å². The third-order valence-corrected chi connectivity index (χ3v) is 3.43. The maximum atomic E-state index is 11.8. The Morgan fingerprint density at radius 1 is 1.17 bits per heavy atom. The number of nitrogens with zero attached hydrogens (tertiary/aromatic N) is 1. The quantitative estimate of drug-likeness (QED) is 0.816. The number of rotatable bonds is 6. The molecular formula is C17H23Cl2N3O2. The maximum Gasteiger partial charge on any atom is 0.224 e. The van der Waals surface area contributed by atoms with Gasteiger partial charge in [0.25, 0.3) is 0 Å². The molecule has 3 N–H and O–H groups in total. The van der Waals surface area contributed by atoms with E-state index < -0.39 is 0 Å². The number of hydrogen-bond acceptors (Lipinski definition) is 4. The zero-order chi connectivity index (χ0) is 15.9. The number of ether oxygens (including phenoxy) is 1. The minimum Gasteiger partial charge on any atom is -0.439 e. The molecule has 1 aromatic heterocycles. The monoisotopic (exact) mass is 371 g/mol. The lowest BCUT2D eigenvalue weighted by atomic mass is 10.0. The van der Waals surface area contributed by atoms with Gasteiger partial charge in [0.05, 0.1) is 0 Å². The summed E-state index contributed by atoms with van der Waals surface area (Å²) in [4.78, 5) is 16.1. The lowest BCUT2D eigenvalue weighted by Gasteiger charge is -2.15. The molecule has 2 rings (SSSR count). The first-order valence-electron chi connectivity index (χ1n) is 7.27. The van der Waals surface area contributed by atoms with E-state index in [1.54, 1.807) is 12.3 Å². The van der Waals surface area contributed by atoms with Gasteiger partial charge in [-0.1, -0.05) is 31.2 Å². The maximum absolute atomic E-state index is 11.8. The van der Waals surface area contributed by atoms with Crippen molar-refractivity contribution in [1.29, 1.82) is 0 Å². The van der Waals surface area contributed by atoms with Crippen LogP contribution in [0, 0.1) is 5.92 Å². The highest BCUT2D eigenvalue weighted by Crippen LogP contribution is 2.18. The van der Waals surface area contributed by atoms with E-state index in [0.717, 1.165) is 11.3 Å². The van der Waals surface area contributed by atoms with Crippen molar-refractivity contribution in [3.05, 3.63) is 54.2 Å². The highest BCUT2D eigenvalue weighted by molar-refractivity contribution is 5.85. The minimum atomic E-state index is -0.214. The number of hydrogen-bond donors (Lipinski definition) is 2. The van der Waals surface area contributed by atoms with Crippen molar-refractivity contribution in [2.24, 2.45) is 11.7 Å². The van der Waals surface area contributed by atoms with Crippen LogP contribution >= 0.6 is 24.8 Å². The third-order valence-electron chi connectivity index (χ3n) is 3.43. The van der Waals surface area contributed by atoms with E-state index in [1.165, 1.54) is 0 Å². The van der Waals surface area contributed by atoms with Gasteiger partial charge in [-0.05, 0) is 24.6 Å². The van der Waals surface area contributed by atoms with Crippen molar-refractivity contribution in [1.82, 2.24) is 10.3 Å². The summed E-state index contributed by atoms with van der Waals surface area (Å²) in [6.45, 7) is 4.06. The predicted molar refractivity (Wildman–Crippen MR) is 99.9 cm³/mol. The van der Waals surface area contributed by atoms with Crippen molar-refractivity contribution in [3.8, 4) is 11.6 Å². The fourth-order valence-corrected chi connectivity index (χ4v) is 1.77. The van der Waals surface area contributed by atoms with Crippen LogP contribution in [0.2, 0.25) is 0 Å². The molecule has 2 atom stereocenters. The Kier molecular flexibility index (Phi) is 10.0. The van der Waals surface area contributed by atoms with E-state index in [0.29, 0.717) is 12.4 Å². The Balaban J connectivity index is 0.00000264. The van der Waals surface area contributed by atoms with E-state index >= 15 is 0 Å². The lowest BCUT2D eigenvalue weighted by molar-refractivity contribution is -0.125. The topological polar surface area (TPSA) is 77.2 Å². The van der Waals surface area contributed by atoms with E-state index in [4.69, 9.17) is 10.5 Å². The molecule has 0 fully saturated rings. The molecule has 5 nitrogen and oxygen atoms in total. The average molecular weight is 372 g/mol. The van der Waals surface area contributed by atoms with Crippen LogP contribution in [0.25, 0.3) is 0 Å². The zero-order valence-corrected chi connectivity index (χ0v) is 15.3. The number of para-hydroxylation sites is 1. The number of nitrogens with two attached hydrogens (primary N) is 1. The molecule has 0 saturated carbocycles. The molecule has 0 aliphatic rings. The molecule has 1 heterocycles. The Morgan fingerprint density at radius 3 is 2.38 bits per heavy atom. The van der Waals surface area contributed by atoms with Gasteiger partial charge in [-0.15, -0.1) is 24.8 Å². The summed E-state index contributed by atoms with van der Waals surface area (Å²) < 4.78 is 5.61. The Labute approximate surface area is 154 Å². The highest BCUT2D eigenvalue weighted by atomic mass is 35.5.